The van der Waals surface area contributed by atoms with Crippen LogP contribution < -0.4 is 0 Å². The molecule has 1 saturated heterocycles. The Morgan fingerprint density at radius 3 is 2.96 bits per heavy atom. The van der Waals surface area contributed by atoms with Crippen molar-refractivity contribution in [3.05, 3.63) is 72.1 Å². The number of piperidine rings is 1. The van der Waals surface area contributed by atoms with Crippen LogP contribution in [-0.2, 0) is 6.54 Å². The fraction of sp³-hybridized carbons (Fsp3) is 0.350. The predicted octanol–water partition coefficient (Wildman–Crippen LogP) is 2.44. The highest BCUT2D eigenvalue weighted by Gasteiger charge is 2.29. The Hall–Kier alpha value is -3.09. The van der Waals surface area contributed by atoms with Gasteiger partial charge in [-0.15, -0.1) is 0 Å². The topological polar surface area (TPSA) is 76.8 Å². The van der Waals surface area contributed by atoms with E-state index >= 15 is 0 Å². The number of aromatic nitrogens is 5. The Bertz CT molecular complexity index is 923. The van der Waals surface area contributed by atoms with Gasteiger partial charge in [0.1, 0.15) is 12.2 Å². The van der Waals surface area contributed by atoms with E-state index in [1.54, 1.807) is 12.4 Å². The summed E-state index contributed by atoms with van der Waals surface area (Å²) >= 11 is 0. The number of pyridine rings is 1. The second-order valence-corrected chi connectivity index (χ2v) is 6.85. The zero-order chi connectivity index (χ0) is 18.6. The van der Waals surface area contributed by atoms with Crippen LogP contribution in [0.1, 0.15) is 46.3 Å². The Balaban J connectivity index is 1.52. The van der Waals surface area contributed by atoms with E-state index in [1.807, 2.05) is 42.4 Å². The molecule has 0 spiro atoms. The van der Waals surface area contributed by atoms with Gasteiger partial charge in [0.25, 0.3) is 5.91 Å². The van der Waals surface area contributed by atoms with Gasteiger partial charge < -0.3 is 9.47 Å². The quantitative estimate of drug-likeness (QED) is 0.712. The molecule has 138 valence electrons. The molecule has 1 fully saturated rings. The summed E-state index contributed by atoms with van der Waals surface area (Å²) in [6, 6.07) is 5.92. The van der Waals surface area contributed by atoms with E-state index in [2.05, 4.69) is 24.5 Å². The van der Waals surface area contributed by atoms with Gasteiger partial charge in [-0.2, -0.15) is 0 Å². The molecule has 3 aromatic heterocycles. The minimum Gasteiger partial charge on any atom is -0.338 e. The highest BCUT2D eigenvalue weighted by Crippen LogP contribution is 2.27. The Morgan fingerprint density at radius 2 is 2.15 bits per heavy atom. The summed E-state index contributed by atoms with van der Waals surface area (Å²) in [6.45, 7) is 3.94. The third kappa shape index (κ3) is 3.72. The van der Waals surface area contributed by atoms with Crippen LogP contribution >= 0.6 is 0 Å². The van der Waals surface area contributed by atoms with Crippen LogP contribution in [-0.4, -0.2) is 48.4 Å². The number of hydrogen-bond acceptors (Lipinski definition) is 5. The fourth-order valence-corrected chi connectivity index (χ4v) is 3.62. The van der Waals surface area contributed by atoms with Gasteiger partial charge in [0.2, 0.25) is 0 Å². The first-order chi connectivity index (χ1) is 13.2. The maximum Gasteiger partial charge on any atom is 0.257 e. The van der Waals surface area contributed by atoms with E-state index in [0.29, 0.717) is 24.3 Å². The molecule has 1 unspecified atom stereocenters. The van der Waals surface area contributed by atoms with Crippen molar-refractivity contribution < 1.29 is 4.79 Å². The Morgan fingerprint density at radius 1 is 1.22 bits per heavy atom. The molecule has 7 heteroatoms. The van der Waals surface area contributed by atoms with E-state index in [1.165, 1.54) is 6.33 Å². The molecule has 0 aliphatic carbocycles. The monoisotopic (exact) mass is 362 g/mol. The van der Waals surface area contributed by atoms with Gasteiger partial charge in [-0.25, -0.2) is 15.0 Å². The zero-order valence-corrected chi connectivity index (χ0v) is 15.3. The van der Waals surface area contributed by atoms with Crippen molar-refractivity contribution in [3.63, 3.8) is 0 Å². The number of amides is 1. The first-order valence-electron chi connectivity index (χ1n) is 9.19. The van der Waals surface area contributed by atoms with Crippen LogP contribution in [0.4, 0.5) is 0 Å². The number of nitrogens with zero attached hydrogens (tertiary/aromatic N) is 6. The van der Waals surface area contributed by atoms with Crippen LogP contribution in [0.2, 0.25) is 0 Å². The normalized spacial score (nSPS) is 17.1. The summed E-state index contributed by atoms with van der Waals surface area (Å²) in [5.41, 5.74) is 2.29. The number of carbonyl (C=O) groups is 1. The molecular formula is C20H22N6O. The number of carbonyl (C=O) groups excluding carboxylic acids is 1. The molecule has 1 atom stereocenters. The SMILES string of the molecule is Cc1ncncc1C(=O)N1CCCC(c2nccn2Cc2ccccn2)C1. The van der Waals surface area contributed by atoms with Gasteiger partial charge in [0, 0.05) is 43.8 Å². The van der Waals surface area contributed by atoms with Crippen molar-refractivity contribution in [1.29, 1.82) is 0 Å². The van der Waals surface area contributed by atoms with Gasteiger partial charge >= 0.3 is 0 Å². The summed E-state index contributed by atoms with van der Waals surface area (Å²) in [5, 5.41) is 0. The van der Waals surface area contributed by atoms with Crippen LogP contribution in [0.3, 0.4) is 0 Å². The Labute approximate surface area is 158 Å². The van der Waals surface area contributed by atoms with Crippen molar-refractivity contribution in [3.8, 4) is 0 Å². The third-order valence-electron chi connectivity index (χ3n) is 5.02. The van der Waals surface area contributed by atoms with Gasteiger partial charge in [0.05, 0.1) is 23.5 Å². The highest BCUT2D eigenvalue weighted by atomic mass is 16.2. The van der Waals surface area contributed by atoms with Crippen molar-refractivity contribution in [2.24, 2.45) is 0 Å². The number of hydrogen-bond donors (Lipinski definition) is 0. The summed E-state index contributed by atoms with van der Waals surface area (Å²) < 4.78 is 2.14. The molecule has 0 aromatic carbocycles. The second-order valence-electron chi connectivity index (χ2n) is 6.85. The third-order valence-corrected chi connectivity index (χ3v) is 5.02. The fourth-order valence-electron chi connectivity index (χ4n) is 3.62. The summed E-state index contributed by atoms with van der Waals surface area (Å²) in [7, 11) is 0. The van der Waals surface area contributed by atoms with E-state index in [4.69, 9.17) is 0 Å². The van der Waals surface area contributed by atoms with Crippen molar-refractivity contribution in [2.75, 3.05) is 13.1 Å². The molecular weight excluding hydrogens is 340 g/mol. The highest BCUT2D eigenvalue weighted by molar-refractivity contribution is 5.95. The molecule has 0 radical (unpaired) electrons. The van der Waals surface area contributed by atoms with Gasteiger partial charge in [-0.3, -0.25) is 9.78 Å². The maximum atomic E-state index is 12.9. The van der Waals surface area contributed by atoms with Gasteiger partial charge in [-0.05, 0) is 31.9 Å². The first-order valence-corrected chi connectivity index (χ1v) is 9.19. The summed E-state index contributed by atoms with van der Waals surface area (Å²) in [4.78, 5) is 32.0. The molecule has 0 N–H and O–H groups in total. The molecule has 4 rings (SSSR count). The molecule has 3 aromatic rings. The number of aryl methyl sites for hydroxylation is 1. The molecule has 1 aliphatic heterocycles. The van der Waals surface area contributed by atoms with Crippen molar-refractivity contribution >= 4 is 5.91 Å². The summed E-state index contributed by atoms with van der Waals surface area (Å²) in [5.74, 6) is 1.23. The predicted molar refractivity (Wildman–Crippen MR) is 100 cm³/mol. The Kier molecular flexibility index (Phi) is 4.91. The van der Waals surface area contributed by atoms with E-state index in [9.17, 15) is 4.79 Å². The van der Waals surface area contributed by atoms with Crippen molar-refractivity contribution in [1.82, 2.24) is 29.4 Å². The maximum absolute atomic E-state index is 12.9. The lowest BCUT2D eigenvalue weighted by Gasteiger charge is -2.33. The van der Waals surface area contributed by atoms with Crippen LogP contribution in [0.5, 0.6) is 0 Å². The lowest BCUT2D eigenvalue weighted by molar-refractivity contribution is 0.0701. The first kappa shape index (κ1) is 17.3. The summed E-state index contributed by atoms with van der Waals surface area (Å²) in [6.07, 6.45) is 10.7. The zero-order valence-electron chi connectivity index (χ0n) is 15.3. The second kappa shape index (κ2) is 7.65. The van der Waals surface area contributed by atoms with Gasteiger partial charge in [-0.1, -0.05) is 6.07 Å². The number of imidazole rings is 1. The molecule has 1 amide bonds. The standard InChI is InChI=1S/C20H22N6O/c1-15-18(11-21-14-24-15)20(27)26-9-4-5-16(12-26)19-23-8-10-25(19)13-17-6-2-3-7-22-17/h2-3,6-8,10-11,14,16H,4-5,9,12-13H2,1H3. The molecule has 7 nitrogen and oxygen atoms in total. The average Bonchev–Trinajstić information content (AvgIpc) is 3.17. The van der Waals surface area contributed by atoms with E-state index in [0.717, 1.165) is 30.9 Å². The molecule has 0 saturated carbocycles. The van der Waals surface area contributed by atoms with E-state index < -0.39 is 0 Å². The molecule has 27 heavy (non-hydrogen) atoms. The van der Waals surface area contributed by atoms with Gasteiger partial charge in [0.15, 0.2) is 0 Å². The van der Waals surface area contributed by atoms with Crippen LogP contribution in [0.15, 0.2) is 49.3 Å². The molecule has 0 bridgehead atoms. The molecule has 4 heterocycles. The average molecular weight is 362 g/mol. The van der Waals surface area contributed by atoms with Crippen molar-refractivity contribution in [2.45, 2.75) is 32.2 Å². The minimum atomic E-state index is 0.000585. The largest absolute Gasteiger partial charge is 0.338 e. The number of rotatable bonds is 4. The minimum absolute atomic E-state index is 0.000585. The molecule has 1 aliphatic rings. The number of likely N-dealkylation sites (tertiary alicyclic amines) is 1. The lowest BCUT2D eigenvalue weighted by atomic mass is 9.96. The van der Waals surface area contributed by atoms with Crippen LogP contribution in [0.25, 0.3) is 0 Å². The van der Waals surface area contributed by atoms with E-state index in [-0.39, 0.29) is 11.8 Å². The van der Waals surface area contributed by atoms with Crippen LogP contribution in [0, 0.1) is 6.92 Å². The lowest BCUT2D eigenvalue weighted by Crippen LogP contribution is -2.40. The smallest absolute Gasteiger partial charge is 0.257 e.